The Morgan fingerprint density at radius 1 is 1.31 bits per heavy atom. The molecule has 0 radical (unpaired) electrons. The van der Waals surface area contributed by atoms with E-state index in [2.05, 4.69) is 17.4 Å². The molecule has 1 heterocycles. The molecule has 1 aromatic carbocycles. The Labute approximate surface area is 102 Å². The van der Waals surface area contributed by atoms with Crippen LogP contribution in [-0.4, -0.2) is 18.6 Å². The van der Waals surface area contributed by atoms with E-state index >= 15 is 0 Å². The zero-order valence-electron chi connectivity index (χ0n) is 9.51. The largest absolute Gasteiger partial charge is 0.329 e. The van der Waals surface area contributed by atoms with Crippen LogP contribution in [-0.2, 0) is 6.42 Å². The number of rotatable bonds is 4. The van der Waals surface area contributed by atoms with E-state index in [-0.39, 0.29) is 5.54 Å². The minimum Gasteiger partial charge on any atom is -0.329 e. The number of nitrogens with one attached hydrogen (secondary N) is 1. The summed E-state index contributed by atoms with van der Waals surface area (Å²) in [5.74, 6) is 0. The fraction of sp³-hybridized carbons (Fsp3) is 0.538. The van der Waals surface area contributed by atoms with Gasteiger partial charge in [0.25, 0.3) is 0 Å². The van der Waals surface area contributed by atoms with Crippen molar-refractivity contribution in [1.29, 1.82) is 0 Å². The average Bonchev–Trinajstić information content (AvgIpc) is 2.78. The second kappa shape index (κ2) is 5.17. The van der Waals surface area contributed by atoms with Gasteiger partial charge < -0.3 is 11.1 Å². The van der Waals surface area contributed by atoms with Crippen LogP contribution < -0.4 is 11.1 Å². The molecule has 0 aliphatic carbocycles. The predicted molar refractivity (Wildman–Crippen MR) is 68.8 cm³/mol. The molecule has 0 saturated carbocycles. The van der Waals surface area contributed by atoms with E-state index in [4.69, 9.17) is 17.3 Å². The van der Waals surface area contributed by atoms with Crippen LogP contribution in [0.4, 0.5) is 0 Å². The normalized spacial score (nSPS) is 24.9. The number of nitrogens with two attached hydrogens (primary N) is 1. The highest BCUT2D eigenvalue weighted by Crippen LogP contribution is 2.24. The zero-order valence-corrected chi connectivity index (χ0v) is 10.3. The molecule has 0 amide bonds. The molecule has 1 aromatic rings. The van der Waals surface area contributed by atoms with Gasteiger partial charge in [0.2, 0.25) is 0 Å². The highest BCUT2D eigenvalue weighted by molar-refractivity contribution is 6.30. The van der Waals surface area contributed by atoms with Gasteiger partial charge in [-0.1, -0.05) is 23.7 Å². The molecule has 1 aliphatic heterocycles. The van der Waals surface area contributed by atoms with E-state index in [0.717, 1.165) is 31.0 Å². The number of benzene rings is 1. The van der Waals surface area contributed by atoms with Crippen LogP contribution >= 0.6 is 11.6 Å². The van der Waals surface area contributed by atoms with Gasteiger partial charge in [-0.3, -0.25) is 0 Å². The number of hydrogen-bond donors (Lipinski definition) is 2. The first-order valence-electron chi connectivity index (χ1n) is 5.94. The first-order valence-corrected chi connectivity index (χ1v) is 6.31. The smallest absolute Gasteiger partial charge is 0.0406 e. The standard InChI is InChI=1S/C13H19ClN2/c14-12-4-2-11(3-5-12)6-8-13(10-15)7-1-9-16-13/h2-5,16H,1,6-10,15H2. The molecule has 3 N–H and O–H groups in total. The van der Waals surface area contributed by atoms with Crippen molar-refractivity contribution in [3.05, 3.63) is 34.9 Å². The Hall–Kier alpha value is -0.570. The quantitative estimate of drug-likeness (QED) is 0.845. The molecule has 88 valence electrons. The topological polar surface area (TPSA) is 38.0 Å². The summed E-state index contributed by atoms with van der Waals surface area (Å²) in [6.45, 7) is 1.85. The Morgan fingerprint density at radius 3 is 2.62 bits per heavy atom. The highest BCUT2D eigenvalue weighted by Gasteiger charge is 2.31. The molecule has 2 nitrogen and oxygen atoms in total. The molecule has 0 aromatic heterocycles. The highest BCUT2D eigenvalue weighted by atomic mass is 35.5. The fourth-order valence-corrected chi connectivity index (χ4v) is 2.52. The van der Waals surface area contributed by atoms with Crippen LogP contribution in [0.3, 0.4) is 0 Å². The summed E-state index contributed by atoms with van der Waals surface area (Å²) in [6, 6.07) is 8.10. The van der Waals surface area contributed by atoms with E-state index < -0.39 is 0 Å². The van der Waals surface area contributed by atoms with Gasteiger partial charge in [-0.15, -0.1) is 0 Å². The first-order chi connectivity index (χ1) is 7.74. The Morgan fingerprint density at radius 2 is 2.06 bits per heavy atom. The summed E-state index contributed by atoms with van der Waals surface area (Å²) in [5.41, 5.74) is 7.39. The van der Waals surface area contributed by atoms with Gasteiger partial charge in [0.15, 0.2) is 0 Å². The molecule has 1 atom stereocenters. The van der Waals surface area contributed by atoms with Crippen molar-refractivity contribution in [2.24, 2.45) is 5.73 Å². The van der Waals surface area contributed by atoms with E-state index in [9.17, 15) is 0 Å². The van der Waals surface area contributed by atoms with Gasteiger partial charge in [-0.2, -0.15) is 0 Å². The molecule has 16 heavy (non-hydrogen) atoms. The van der Waals surface area contributed by atoms with E-state index in [1.165, 1.54) is 18.4 Å². The van der Waals surface area contributed by atoms with Crippen molar-refractivity contribution >= 4 is 11.6 Å². The molecule has 3 heteroatoms. The van der Waals surface area contributed by atoms with E-state index in [1.807, 2.05) is 12.1 Å². The predicted octanol–water partition coefficient (Wildman–Crippen LogP) is 2.35. The minimum atomic E-state index is 0.180. The lowest BCUT2D eigenvalue weighted by Crippen LogP contribution is -2.46. The Kier molecular flexibility index (Phi) is 3.85. The molecule has 1 aliphatic rings. The second-order valence-electron chi connectivity index (χ2n) is 4.64. The maximum atomic E-state index is 5.87. The molecule has 1 saturated heterocycles. The first kappa shape index (κ1) is 11.9. The SMILES string of the molecule is NCC1(CCc2ccc(Cl)cc2)CCCN1. The molecular formula is C13H19ClN2. The van der Waals surface area contributed by atoms with Crippen LogP contribution in [0.25, 0.3) is 0 Å². The van der Waals surface area contributed by atoms with Gasteiger partial charge >= 0.3 is 0 Å². The van der Waals surface area contributed by atoms with Crippen molar-refractivity contribution < 1.29 is 0 Å². The van der Waals surface area contributed by atoms with Gasteiger partial charge in [-0.25, -0.2) is 0 Å². The number of aryl methyl sites for hydroxylation is 1. The summed E-state index contributed by atoms with van der Waals surface area (Å²) < 4.78 is 0. The summed E-state index contributed by atoms with van der Waals surface area (Å²) in [6.07, 6.45) is 4.64. The van der Waals surface area contributed by atoms with Crippen molar-refractivity contribution in [3.63, 3.8) is 0 Å². The maximum Gasteiger partial charge on any atom is 0.0406 e. The summed E-state index contributed by atoms with van der Waals surface area (Å²) in [4.78, 5) is 0. The molecule has 1 unspecified atom stereocenters. The average molecular weight is 239 g/mol. The minimum absolute atomic E-state index is 0.180. The molecule has 0 spiro atoms. The summed E-state index contributed by atoms with van der Waals surface area (Å²) in [5, 5.41) is 4.35. The molecule has 0 bridgehead atoms. The van der Waals surface area contributed by atoms with Crippen molar-refractivity contribution in [2.45, 2.75) is 31.2 Å². The lowest BCUT2D eigenvalue weighted by Gasteiger charge is -2.27. The van der Waals surface area contributed by atoms with Crippen molar-refractivity contribution in [2.75, 3.05) is 13.1 Å². The van der Waals surface area contributed by atoms with Crippen LogP contribution in [0.1, 0.15) is 24.8 Å². The van der Waals surface area contributed by atoms with Gasteiger partial charge in [0, 0.05) is 17.1 Å². The lowest BCUT2D eigenvalue weighted by molar-refractivity contribution is 0.358. The van der Waals surface area contributed by atoms with Crippen molar-refractivity contribution in [3.8, 4) is 0 Å². The van der Waals surface area contributed by atoms with Crippen LogP contribution in [0.5, 0.6) is 0 Å². The zero-order chi connectivity index (χ0) is 11.4. The third-order valence-electron chi connectivity index (χ3n) is 3.53. The third kappa shape index (κ3) is 2.76. The van der Waals surface area contributed by atoms with Crippen LogP contribution in [0.2, 0.25) is 5.02 Å². The van der Waals surface area contributed by atoms with Gasteiger partial charge in [0.05, 0.1) is 0 Å². The van der Waals surface area contributed by atoms with Gasteiger partial charge in [0.1, 0.15) is 0 Å². The van der Waals surface area contributed by atoms with E-state index in [1.54, 1.807) is 0 Å². The maximum absolute atomic E-state index is 5.87. The van der Waals surface area contributed by atoms with Crippen molar-refractivity contribution in [1.82, 2.24) is 5.32 Å². The third-order valence-corrected chi connectivity index (χ3v) is 3.78. The van der Waals surface area contributed by atoms with Crippen LogP contribution in [0, 0.1) is 0 Å². The van der Waals surface area contributed by atoms with E-state index in [0.29, 0.717) is 0 Å². The fourth-order valence-electron chi connectivity index (χ4n) is 2.39. The molecular weight excluding hydrogens is 220 g/mol. The van der Waals surface area contributed by atoms with Crippen LogP contribution in [0.15, 0.2) is 24.3 Å². The second-order valence-corrected chi connectivity index (χ2v) is 5.08. The molecule has 2 rings (SSSR count). The number of hydrogen-bond acceptors (Lipinski definition) is 2. The lowest BCUT2D eigenvalue weighted by atomic mass is 9.90. The Balaban J connectivity index is 1.93. The number of halogens is 1. The monoisotopic (exact) mass is 238 g/mol. The Bertz CT molecular complexity index is 328. The summed E-state index contributed by atoms with van der Waals surface area (Å²) >= 11 is 5.86. The van der Waals surface area contributed by atoms with Gasteiger partial charge in [-0.05, 0) is 49.9 Å². The molecule has 1 fully saturated rings. The summed E-state index contributed by atoms with van der Waals surface area (Å²) in [7, 11) is 0.